The number of ketones is 1. The van der Waals surface area contributed by atoms with Crippen molar-refractivity contribution in [3.63, 3.8) is 0 Å². The summed E-state index contributed by atoms with van der Waals surface area (Å²) in [5.74, 6) is -0.688. The molecule has 0 unspecified atom stereocenters. The van der Waals surface area contributed by atoms with Crippen LogP contribution < -0.4 is 11.1 Å². The van der Waals surface area contributed by atoms with E-state index < -0.39 is 11.3 Å². The van der Waals surface area contributed by atoms with Gasteiger partial charge >= 0.3 is 0 Å². The van der Waals surface area contributed by atoms with Crippen molar-refractivity contribution in [1.82, 2.24) is 0 Å². The minimum Gasteiger partial charge on any atom is -0.444 e. The van der Waals surface area contributed by atoms with Gasteiger partial charge in [-0.25, -0.2) is 0 Å². The number of hydrogen-bond acceptors (Lipinski definition) is 5. The third kappa shape index (κ3) is 2.36. The quantitative estimate of drug-likeness (QED) is 0.736. The van der Waals surface area contributed by atoms with Crippen LogP contribution in [0.1, 0.15) is 29.9 Å². The Morgan fingerprint density at radius 3 is 2.73 bits per heavy atom. The normalized spacial score (nSPS) is 24.9. The molecule has 0 bridgehead atoms. The van der Waals surface area contributed by atoms with Crippen LogP contribution >= 0.6 is 11.6 Å². The first-order valence-corrected chi connectivity index (χ1v) is 9.86. The molecule has 3 aliphatic rings. The van der Waals surface area contributed by atoms with Gasteiger partial charge in [-0.2, -0.15) is 5.26 Å². The van der Waals surface area contributed by atoms with Crippen molar-refractivity contribution >= 4 is 29.0 Å². The molecule has 7 heteroatoms. The van der Waals surface area contributed by atoms with Gasteiger partial charge in [0, 0.05) is 29.1 Å². The summed E-state index contributed by atoms with van der Waals surface area (Å²) in [5.41, 5.74) is 6.68. The number of anilines is 1. The molecule has 0 fully saturated rings. The second-order valence-corrected chi connectivity index (χ2v) is 8.02. The van der Waals surface area contributed by atoms with Gasteiger partial charge in [0.1, 0.15) is 22.8 Å². The Morgan fingerprint density at radius 1 is 1.17 bits per heavy atom. The van der Waals surface area contributed by atoms with Gasteiger partial charge in [0.05, 0.1) is 5.57 Å². The molecule has 1 spiro atoms. The molecule has 2 atom stereocenters. The monoisotopic (exact) mass is 417 g/mol. The van der Waals surface area contributed by atoms with Gasteiger partial charge in [-0.1, -0.05) is 41.9 Å². The zero-order valence-electron chi connectivity index (χ0n) is 15.7. The van der Waals surface area contributed by atoms with Crippen LogP contribution in [0.4, 0.5) is 5.69 Å². The van der Waals surface area contributed by atoms with Gasteiger partial charge in [0.2, 0.25) is 11.8 Å². The van der Waals surface area contributed by atoms with Crippen molar-refractivity contribution < 1.29 is 14.3 Å². The van der Waals surface area contributed by atoms with Crippen molar-refractivity contribution in [2.75, 3.05) is 5.32 Å². The first-order valence-electron chi connectivity index (χ1n) is 9.48. The standard InChI is InChI=1S/C23H16ClN3O3/c24-14-5-3-4-12(8-14)13-9-18(28)20-19(10-13)30-21(26)16(11-25)23(20)15-6-1-2-7-17(15)27-22(23)29/h1-8,13H,9-10,26H2,(H,27,29)/t13-,23+/m1/s1. The molecular formula is C23H16ClN3O3. The molecule has 2 aromatic carbocycles. The number of carbonyl (C=O) groups is 2. The second kappa shape index (κ2) is 6.48. The first kappa shape index (κ1) is 18.5. The number of nitriles is 1. The number of halogens is 1. The number of nitrogens with one attached hydrogen (secondary N) is 1. The van der Waals surface area contributed by atoms with E-state index in [2.05, 4.69) is 5.32 Å². The van der Waals surface area contributed by atoms with Gasteiger partial charge in [-0.15, -0.1) is 0 Å². The highest BCUT2D eigenvalue weighted by atomic mass is 35.5. The van der Waals surface area contributed by atoms with Crippen LogP contribution in [-0.4, -0.2) is 11.7 Å². The number of hydrogen-bond donors (Lipinski definition) is 2. The number of para-hydroxylation sites is 1. The molecule has 0 radical (unpaired) electrons. The highest BCUT2D eigenvalue weighted by Crippen LogP contribution is 2.55. The molecule has 2 aromatic rings. The molecule has 2 heterocycles. The van der Waals surface area contributed by atoms with Crippen molar-refractivity contribution in [1.29, 1.82) is 5.26 Å². The number of nitrogens with two attached hydrogens (primary N) is 1. The molecule has 2 aliphatic heterocycles. The molecular weight excluding hydrogens is 402 g/mol. The number of fused-ring (bicyclic) bond motifs is 3. The van der Waals surface area contributed by atoms with Crippen LogP contribution in [0, 0.1) is 11.3 Å². The number of ether oxygens (including phenoxy) is 1. The zero-order chi connectivity index (χ0) is 21.0. The number of benzene rings is 2. The Kier molecular flexibility index (Phi) is 3.99. The highest BCUT2D eigenvalue weighted by molar-refractivity contribution is 6.30. The van der Waals surface area contributed by atoms with Crippen LogP contribution in [0.15, 0.2) is 71.3 Å². The lowest BCUT2D eigenvalue weighted by molar-refractivity contribution is -0.123. The molecule has 148 valence electrons. The van der Waals surface area contributed by atoms with Crippen molar-refractivity contribution in [2.45, 2.75) is 24.2 Å². The second-order valence-electron chi connectivity index (χ2n) is 7.58. The summed E-state index contributed by atoms with van der Waals surface area (Å²) in [4.78, 5) is 26.8. The van der Waals surface area contributed by atoms with E-state index >= 15 is 0 Å². The van der Waals surface area contributed by atoms with Gasteiger partial charge in [0.25, 0.3) is 0 Å². The topological polar surface area (TPSA) is 105 Å². The van der Waals surface area contributed by atoms with Crippen molar-refractivity contribution in [3.8, 4) is 6.07 Å². The van der Waals surface area contributed by atoms with Crippen molar-refractivity contribution in [2.24, 2.45) is 5.73 Å². The molecule has 3 N–H and O–H groups in total. The molecule has 0 saturated heterocycles. The van der Waals surface area contributed by atoms with Gasteiger partial charge in [0.15, 0.2) is 5.78 Å². The predicted octanol–water partition coefficient (Wildman–Crippen LogP) is 3.65. The molecule has 1 amide bonds. The number of rotatable bonds is 1. The van der Waals surface area contributed by atoms with E-state index in [1.54, 1.807) is 30.3 Å². The SMILES string of the molecule is N#CC1=C(N)OC2=C(C(=O)C[C@@H](c3cccc(Cl)c3)C2)[C@@]12C(=O)Nc1ccccc12. The fourth-order valence-electron chi connectivity index (χ4n) is 4.77. The molecule has 0 aromatic heterocycles. The maximum Gasteiger partial charge on any atom is 0.245 e. The molecule has 0 saturated carbocycles. The summed E-state index contributed by atoms with van der Waals surface area (Å²) in [5, 5.41) is 13.3. The van der Waals surface area contributed by atoms with Crippen LogP contribution in [0.25, 0.3) is 0 Å². The van der Waals surface area contributed by atoms with E-state index in [0.29, 0.717) is 28.5 Å². The molecule has 30 heavy (non-hydrogen) atoms. The smallest absolute Gasteiger partial charge is 0.245 e. The molecule has 5 rings (SSSR count). The average Bonchev–Trinajstić information content (AvgIpc) is 3.00. The van der Waals surface area contributed by atoms with E-state index in [1.807, 2.05) is 24.3 Å². The Morgan fingerprint density at radius 2 is 1.97 bits per heavy atom. The van der Waals surface area contributed by atoms with E-state index in [4.69, 9.17) is 22.1 Å². The fraction of sp³-hybridized carbons (Fsp3) is 0.174. The summed E-state index contributed by atoms with van der Waals surface area (Å²) in [7, 11) is 0. The number of nitrogens with zero attached hydrogens (tertiary/aromatic N) is 1. The maximum atomic E-state index is 13.5. The summed E-state index contributed by atoms with van der Waals surface area (Å²) >= 11 is 6.13. The predicted molar refractivity (Wildman–Crippen MR) is 110 cm³/mol. The lowest BCUT2D eigenvalue weighted by Crippen LogP contribution is -2.47. The summed E-state index contributed by atoms with van der Waals surface area (Å²) < 4.78 is 5.78. The van der Waals surface area contributed by atoms with E-state index in [-0.39, 0.29) is 35.2 Å². The summed E-state index contributed by atoms with van der Waals surface area (Å²) in [6, 6.07) is 16.4. The lowest BCUT2D eigenvalue weighted by atomic mass is 9.63. The van der Waals surface area contributed by atoms with Crippen LogP contribution in [0.5, 0.6) is 0 Å². The van der Waals surface area contributed by atoms with Crippen LogP contribution in [0.2, 0.25) is 5.02 Å². The highest BCUT2D eigenvalue weighted by Gasteiger charge is 2.60. The van der Waals surface area contributed by atoms with Crippen LogP contribution in [0.3, 0.4) is 0 Å². The largest absolute Gasteiger partial charge is 0.444 e. The maximum absolute atomic E-state index is 13.5. The van der Waals surface area contributed by atoms with E-state index in [0.717, 1.165) is 5.56 Å². The Balaban J connectivity index is 1.72. The van der Waals surface area contributed by atoms with Gasteiger partial charge < -0.3 is 15.8 Å². The number of Topliss-reactive ketones (excluding diaryl/α,β-unsaturated/α-hetero) is 1. The van der Waals surface area contributed by atoms with Crippen molar-refractivity contribution in [3.05, 3.63) is 87.5 Å². The lowest BCUT2D eigenvalue weighted by Gasteiger charge is -2.38. The van der Waals surface area contributed by atoms with E-state index in [1.165, 1.54) is 0 Å². The zero-order valence-corrected chi connectivity index (χ0v) is 16.5. The van der Waals surface area contributed by atoms with Crippen LogP contribution in [-0.2, 0) is 19.7 Å². The minimum absolute atomic E-state index is 0.0572. The Hall–Kier alpha value is -3.56. The number of allylic oxidation sites excluding steroid dienone is 1. The molecule has 6 nitrogen and oxygen atoms in total. The Bertz CT molecular complexity index is 1240. The number of carbonyl (C=O) groups excluding carboxylic acids is 2. The van der Waals surface area contributed by atoms with E-state index in [9.17, 15) is 14.9 Å². The summed E-state index contributed by atoms with van der Waals surface area (Å²) in [6.45, 7) is 0. The fourth-order valence-corrected chi connectivity index (χ4v) is 4.97. The van der Waals surface area contributed by atoms with Gasteiger partial charge in [-0.05, 0) is 29.7 Å². The first-order chi connectivity index (χ1) is 14.5. The van der Waals surface area contributed by atoms with Gasteiger partial charge in [-0.3, -0.25) is 9.59 Å². The number of amides is 1. The third-order valence-corrected chi connectivity index (χ3v) is 6.24. The Labute approximate surface area is 177 Å². The minimum atomic E-state index is -1.58. The third-order valence-electron chi connectivity index (χ3n) is 6.00. The summed E-state index contributed by atoms with van der Waals surface area (Å²) in [6.07, 6.45) is 0.552. The molecule has 1 aliphatic carbocycles. The average molecular weight is 418 g/mol.